The highest BCUT2D eigenvalue weighted by molar-refractivity contribution is 5.94. The zero-order chi connectivity index (χ0) is 21.7. The first-order valence-electron chi connectivity index (χ1n) is 10.8. The van der Waals surface area contributed by atoms with Crippen LogP contribution in [0.1, 0.15) is 61.6 Å². The Labute approximate surface area is 183 Å². The molecule has 0 saturated carbocycles. The molecular formula is C24H29N5O2. The SMILES string of the molecule is CCCCCCCCOc1ccc(-c2cc(C(=O)NN=Cc3ccccn3)[nH]n2)cc1. The number of aromatic nitrogens is 3. The van der Waals surface area contributed by atoms with E-state index in [1.54, 1.807) is 18.3 Å². The van der Waals surface area contributed by atoms with E-state index in [4.69, 9.17) is 4.74 Å². The summed E-state index contributed by atoms with van der Waals surface area (Å²) in [7, 11) is 0. The molecule has 3 rings (SSSR count). The van der Waals surface area contributed by atoms with Crippen molar-refractivity contribution in [2.24, 2.45) is 5.10 Å². The maximum atomic E-state index is 12.2. The summed E-state index contributed by atoms with van der Waals surface area (Å²) in [5, 5.41) is 10.9. The van der Waals surface area contributed by atoms with Crippen LogP contribution in [0.5, 0.6) is 5.75 Å². The number of pyridine rings is 1. The second-order valence-corrected chi connectivity index (χ2v) is 7.26. The van der Waals surface area contributed by atoms with E-state index in [-0.39, 0.29) is 5.91 Å². The van der Waals surface area contributed by atoms with Gasteiger partial charge in [0.15, 0.2) is 0 Å². The molecule has 0 atom stereocenters. The Balaban J connectivity index is 1.45. The molecule has 2 aromatic heterocycles. The smallest absolute Gasteiger partial charge is 0.289 e. The highest BCUT2D eigenvalue weighted by Crippen LogP contribution is 2.21. The molecule has 2 heterocycles. The van der Waals surface area contributed by atoms with Gasteiger partial charge in [0.25, 0.3) is 5.91 Å². The van der Waals surface area contributed by atoms with Gasteiger partial charge in [-0.1, -0.05) is 45.1 Å². The van der Waals surface area contributed by atoms with Crippen molar-refractivity contribution in [1.29, 1.82) is 0 Å². The summed E-state index contributed by atoms with van der Waals surface area (Å²) in [4.78, 5) is 16.3. The van der Waals surface area contributed by atoms with Crippen LogP contribution in [0.2, 0.25) is 0 Å². The summed E-state index contributed by atoms with van der Waals surface area (Å²) < 4.78 is 5.81. The van der Waals surface area contributed by atoms with Crippen LogP contribution in [-0.4, -0.2) is 33.9 Å². The van der Waals surface area contributed by atoms with Crippen LogP contribution >= 0.6 is 0 Å². The first-order valence-corrected chi connectivity index (χ1v) is 10.8. The van der Waals surface area contributed by atoms with Crippen molar-refractivity contribution in [2.45, 2.75) is 45.4 Å². The fraction of sp³-hybridized carbons (Fsp3) is 0.333. The Morgan fingerprint density at radius 3 is 2.68 bits per heavy atom. The average Bonchev–Trinajstić information content (AvgIpc) is 3.30. The predicted octanol–water partition coefficient (Wildman–Crippen LogP) is 4.97. The van der Waals surface area contributed by atoms with Gasteiger partial charge < -0.3 is 4.74 Å². The molecule has 3 aromatic rings. The van der Waals surface area contributed by atoms with Gasteiger partial charge in [-0.3, -0.25) is 14.9 Å². The molecule has 0 aliphatic rings. The summed E-state index contributed by atoms with van der Waals surface area (Å²) >= 11 is 0. The molecule has 1 amide bonds. The van der Waals surface area contributed by atoms with Crippen molar-refractivity contribution < 1.29 is 9.53 Å². The maximum Gasteiger partial charge on any atom is 0.289 e. The lowest BCUT2D eigenvalue weighted by Gasteiger charge is -2.06. The van der Waals surface area contributed by atoms with Crippen LogP contribution in [0.25, 0.3) is 11.3 Å². The van der Waals surface area contributed by atoms with Gasteiger partial charge in [-0.15, -0.1) is 0 Å². The molecule has 7 heteroatoms. The minimum absolute atomic E-state index is 0.330. The summed E-state index contributed by atoms with van der Waals surface area (Å²) in [6.07, 6.45) is 10.6. The Hall–Kier alpha value is -3.48. The largest absolute Gasteiger partial charge is 0.494 e. The lowest BCUT2D eigenvalue weighted by molar-refractivity contribution is 0.0950. The zero-order valence-electron chi connectivity index (χ0n) is 17.9. The number of nitrogens with one attached hydrogen (secondary N) is 2. The fourth-order valence-corrected chi connectivity index (χ4v) is 3.05. The number of aromatic amines is 1. The van der Waals surface area contributed by atoms with E-state index in [1.807, 2.05) is 36.4 Å². The monoisotopic (exact) mass is 419 g/mol. The lowest BCUT2D eigenvalue weighted by Crippen LogP contribution is -2.18. The third kappa shape index (κ3) is 7.37. The van der Waals surface area contributed by atoms with Gasteiger partial charge in [0.05, 0.1) is 24.2 Å². The van der Waals surface area contributed by atoms with E-state index in [2.05, 4.69) is 32.6 Å². The lowest BCUT2D eigenvalue weighted by atomic mass is 10.1. The minimum Gasteiger partial charge on any atom is -0.494 e. The van der Waals surface area contributed by atoms with E-state index < -0.39 is 0 Å². The quantitative estimate of drug-likeness (QED) is 0.246. The van der Waals surface area contributed by atoms with Gasteiger partial charge in [0.1, 0.15) is 11.4 Å². The molecule has 162 valence electrons. The third-order valence-electron chi connectivity index (χ3n) is 4.79. The number of unbranched alkanes of at least 4 members (excludes halogenated alkanes) is 5. The normalized spacial score (nSPS) is 11.0. The highest BCUT2D eigenvalue weighted by atomic mass is 16.5. The second kappa shape index (κ2) is 12.3. The van der Waals surface area contributed by atoms with Crippen LogP contribution in [0.3, 0.4) is 0 Å². The van der Waals surface area contributed by atoms with E-state index in [0.717, 1.165) is 24.3 Å². The Morgan fingerprint density at radius 1 is 1.10 bits per heavy atom. The van der Waals surface area contributed by atoms with Gasteiger partial charge in [0, 0.05) is 11.8 Å². The van der Waals surface area contributed by atoms with Gasteiger partial charge in [-0.25, -0.2) is 5.43 Å². The fourth-order valence-electron chi connectivity index (χ4n) is 3.05. The van der Waals surface area contributed by atoms with Crippen molar-refractivity contribution in [3.63, 3.8) is 0 Å². The zero-order valence-corrected chi connectivity index (χ0v) is 17.9. The molecule has 0 aliphatic carbocycles. The molecule has 0 radical (unpaired) electrons. The first kappa shape index (κ1) is 22.2. The molecule has 0 bridgehead atoms. The number of hydrogen-bond acceptors (Lipinski definition) is 5. The third-order valence-corrected chi connectivity index (χ3v) is 4.79. The number of amides is 1. The summed E-state index contributed by atoms with van der Waals surface area (Å²) in [5.41, 5.74) is 5.04. The van der Waals surface area contributed by atoms with E-state index in [0.29, 0.717) is 17.1 Å². The molecule has 31 heavy (non-hydrogen) atoms. The number of carbonyl (C=O) groups excluding carboxylic acids is 1. The Bertz CT molecular complexity index is 952. The van der Waals surface area contributed by atoms with Crippen molar-refractivity contribution in [1.82, 2.24) is 20.6 Å². The summed E-state index contributed by atoms with van der Waals surface area (Å²) in [6.45, 7) is 2.96. The molecule has 0 fully saturated rings. The number of carbonyl (C=O) groups is 1. The first-order chi connectivity index (χ1) is 15.3. The van der Waals surface area contributed by atoms with E-state index >= 15 is 0 Å². The number of hydrogen-bond donors (Lipinski definition) is 2. The summed E-state index contributed by atoms with van der Waals surface area (Å²) in [6, 6.07) is 14.9. The molecular weight excluding hydrogens is 390 g/mol. The summed E-state index contributed by atoms with van der Waals surface area (Å²) in [5.74, 6) is 0.472. The van der Waals surface area contributed by atoms with E-state index in [9.17, 15) is 4.79 Å². The average molecular weight is 420 g/mol. The predicted molar refractivity (Wildman–Crippen MR) is 122 cm³/mol. The van der Waals surface area contributed by atoms with Gasteiger partial charge in [-0.2, -0.15) is 10.2 Å². The van der Waals surface area contributed by atoms with Crippen LogP contribution in [0, 0.1) is 0 Å². The van der Waals surface area contributed by atoms with Crippen LogP contribution in [0.15, 0.2) is 59.8 Å². The molecule has 7 nitrogen and oxygen atoms in total. The Kier molecular flexibility index (Phi) is 8.79. The van der Waals surface area contributed by atoms with Gasteiger partial charge in [-0.05, 0) is 48.9 Å². The highest BCUT2D eigenvalue weighted by Gasteiger charge is 2.10. The number of H-pyrrole nitrogens is 1. The topological polar surface area (TPSA) is 92.3 Å². The van der Waals surface area contributed by atoms with Crippen molar-refractivity contribution >= 4 is 12.1 Å². The molecule has 0 saturated heterocycles. The standard InChI is InChI=1S/C24H29N5O2/c1-2-3-4-5-6-9-16-31-21-13-11-19(12-14-21)22-17-23(28-27-22)24(30)29-26-18-20-10-7-8-15-25-20/h7-8,10-15,17-18H,2-6,9,16H2,1H3,(H,27,28)(H,29,30). The molecule has 1 aromatic carbocycles. The van der Waals surface area contributed by atoms with Crippen molar-refractivity contribution in [3.05, 3.63) is 66.1 Å². The number of rotatable bonds is 12. The van der Waals surface area contributed by atoms with Gasteiger partial charge in [0.2, 0.25) is 0 Å². The Morgan fingerprint density at radius 2 is 1.90 bits per heavy atom. The van der Waals surface area contributed by atoms with Crippen molar-refractivity contribution in [2.75, 3.05) is 6.61 Å². The molecule has 0 aliphatic heterocycles. The molecule has 0 unspecified atom stereocenters. The number of nitrogens with zero attached hydrogens (tertiary/aromatic N) is 3. The second-order valence-electron chi connectivity index (χ2n) is 7.26. The maximum absolute atomic E-state index is 12.2. The van der Waals surface area contributed by atoms with Gasteiger partial charge >= 0.3 is 0 Å². The van der Waals surface area contributed by atoms with E-state index in [1.165, 1.54) is 38.3 Å². The van der Waals surface area contributed by atoms with Crippen LogP contribution in [0.4, 0.5) is 0 Å². The van der Waals surface area contributed by atoms with Crippen LogP contribution in [-0.2, 0) is 0 Å². The molecule has 2 N–H and O–H groups in total. The minimum atomic E-state index is -0.371. The number of hydrazone groups is 1. The number of benzene rings is 1. The van der Waals surface area contributed by atoms with Crippen LogP contribution < -0.4 is 10.2 Å². The van der Waals surface area contributed by atoms with Crippen molar-refractivity contribution in [3.8, 4) is 17.0 Å². The number of ether oxygens (including phenoxy) is 1. The molecule has 0 spiro atoms.